The number of hydrogen-bond acceptors (Lipinski definition) is 2. The van der Waals surface area contributed by atoms with E-state index >= 15 is 0 Å². The van der Waals surface area contributed by atoms with E-state index < -0.39 is 5.60 Å². The van der Waals surface area contributed by atoms with E-state index in [4.69, 9.17) is 0 Å². The maximum atomic E-state index is 12.7. The molecule has 0 saturated heterocycles. The van der Waals surface area contributed by atoms with Crippen LogP contribution in [0.2, 0.25) is 0 Å². The molecule has 0 unspecified atom stereocenters. The molecular formula is C17H22N2O2. The van der Waals surface area contributed by atoms with Gasteiger partial charge in [-0.1, -0.05) is 30.3 Å². The summed E-state index contributed by atoms with van der Waals surface area (Å²) in [7, 11) is 1.85. The summed E-state index contributed by atoms with van der Waals surface area (Å²) in [5.74, 6) is -0.0755. The van der Waals surface area contributed by atoms with Gasteiger partial charge < -0.3 is 14.6 Å². The zero-order valence-corrected chi connectivity index (χ0v) is 12.8. The van der Waals surface area contributed by atoms with Gasteiger partial charge in [0, 0.05) is 26.3 Å². The van der Waals surface area contributed by atoms with Gasteiger partial charge in [-0.15, -0.1) is 0 Å². The van der Waals surface area contributed by atoms with E-state index in [9.17, 15) is 9.90 Å². The summed E-state index contributed by atoms with van der Waals surface area (Å²) < 4.78 is 1.80. The Kier molecular flexibility index (Phi) is 4.48. The number of carbonyl (C=O) groups excluding carboxylic acids is 1. The molecule has 21 heavy (non-hydrogen) atoms. The first-order valence-electron chi connectivity index (χ1n) is 7.04. The lowest BCUT2D eigenvalue weighted by molar-refractivity contribution is 0.0275. The van der Waals surface area contributed by atoms with Gasteiger partial charge in [0.2, 0.25) is 0 Å². The molecule has 0 aliphatic carbocycles. The van der Waals surface area contributed by atoms with Crippen LogP contribution >= 0.6 is 0 Å². The molecule has 0 radical (unpaired) electrons. The Hall–Kier alpha value is -2.07. The second-order valence-electron chi connectivity index (χ2n) is 5.96. The van der Waals surface area contributed by atoms with Crippen molar-refractivity contribution in [2.45, 2.75) is 26.0 Å². The van der Waals surface area contributed by atoms with Crippen molar-refractivity contribution in [2.24, 2.45) is 7.05 Å². The van der Waals surface area contributed by atoms with Crippen LogP contribution in [-0.4, -0.2) is 32.6 Å². The summed E-state index contributed by atoms with van der Waals surface area (Å²) in [6.45, 7) is 4.19. The molecule has 0 atom stereocenters. The average molecular weight is 286 g/mol. The summed E-state index contributed by atoms with van der Waals surface area (Å²) in [4.78, 5) is 14.4. The van der Waals surface area contributed by atoms with E-state index in [0.717, 1.165) is 5.56 Å². The van der Waals surface area contributed by atoms with Crippen molar-refractivity contribution in [3.63, 3.8) is 0 Å². The first-order valence-corrected chi connectivity index (χ1v) is 7.04. The highest BCUT2D eigenvalue weighted by molar-refractivity contribution is 5.92. The quantitative estimate of drug-likeness (QED) is 0.917. The van der Waals surface area contributed by atoms with E-state index in [1.807, 2.05) is 49.6 Å². The van der Waals surface area contributed by atoms with Crippen LogP contribution in [0.1, 0.15) is 29.9 Å². The van der Waals surface area contributed by atoms with Gasteiger partial charge in [-0.2, -0.15) is 0 Å². The first kappa shape index (κ1) is 15.3. The highest BCUT2D eigenvalue weighted by Crippen LogP contribution is 2.14. The molecule has 112 valence electrons. The van der Waals surface area contributed by atoms with Crippen LogP contribution in [0.3, 0.4) is 0 Å². The molecule has 4 nitrogen and oxygen atoms in total. The minimum Gasteiger partial charge on any atom is -0.389 e. The molecule has 1 heterocycles. The van der Waals surface area contributed by atoms with Gasteiger partial charge in [0.25, 0.3) is 5.91 Å². The minimum absolute atomic E-state index is 0.0755. The van der Waals surface area contributed by atoms with Crippen LogP contribution in [0.4, 0.5) is 0 Å². The van der Waals surface area contributed by atoms with Crippen LogP contribution in [0.15, 0.2) is 48.7 Å². The fourth-order valence-corrected chi connectivity index (χ4v) is 2.32. The number of aliphatic hydroxyl groups is 1. The average Bonchev–Trinajstić information content (AvgIpc) is 2.83. The van der Waals surface area contributed by atoms with Crippen LogP contribution < -0.4 is 0 Å². The molecule has 0 spiro atoms. The van der Waals surface area contributed by atoms with E-state index in [-0.39, 0.29) is 12.5 Å². The van der Waals surface area contributed by atoms with Crippen molar-refractivity contribution in [1.29, 1.82) is 0 Å². The van der Waals surface area contributed by atoms with Crippen molar-refractivity contribution in [3.8, 4) is 0 Å². The smallest absolute Gasteiger partial charge is 0.270 e. The largest absolute Gasteiger partial charge is 0.389 e. The number of hydrogen-bond donors (Lipinski definition) is 1. The lowest BCUT2D eigenvalue weighted by Crippen LogP contribution is -2.42. The summed E-state index contributed by atoms with van der Waals surface area (Å²) in [5, 5.41) is 10.1. The van der Waals surface area contributed by atoms with Crippen molar-refractivity contribution < 1.29 is 9.90 Å². The van der Waals surface area contributed by atoms with Crippen molar-refractivity contribution >= 4 is 5.91 Å². The second-order valence-corrected chi connectivity index (χ2v) is 5.96. The third-order valence-electron chi connectivity index (χ3n) is 3.24. The minimum atomic E-state index is -0.935. The van der Waals surface area contributed by atoms with E-state index in [0.29, 0.717) is 12.2 Å². The SMILES string of the molecule is Cn1cccc1C(=O)N(Cc1ccccc1)CC(C)(C)O. The molecule has 0 aliphatic heterocycles. The van der Waals surface area contributed by atoms with Crippen molar-refractivity contribution in [2.75, 3.05) is 6.54 Å². The monoisotopic (exact) mass is 286 g/mol. The molecule has 0 fully saturated rings. The number of carbonyl (C=O) groups is 1. The Bertz CT molecular complexity index is 597. The zero-order valence-electron chi connectivity index (χ0n) is 12.8. The molecule has 0 bridgehead atoms. The molecule has 1 aromatic heterocycles. The lowest BCUT2D eigenvalue weighted by atomic mass is 10.1. The van der Waals surface area contributed by atoms with Gasteiger partial charge >= 0.3 is 0 Å². The van der Waals surface area contributed by atoms with Crippen LogP contribution in [0.5, 0.6) is 0 Å². The summed E-state index contributed by atoms with van der Waals surface area (Å²) in [6, 6.07) is 13.5. The number of amides is 1. The molecule has 4 heteroatoms. The van der Waals surface area contributed by atoms with Gasteiger partial charge in [0.05, 0.1) is 5.60 Å². The van der Waals surface area contributed by atoms with Gasteiger partial charge in [-0.3, -0.25) is 4.79 Å². The fourth-order valence-electron chi connectivity index (χ4n) is 2.32. The Morgan fingerprint density at radius 2 is 1.86 bits per heavy atom. The van der Waals surface area contributed by atoms with E-state index in [1.165, 1.54) is 0 Å². The van der Waals surface area contributed by atoms with E-state index in [2.05, 4.69) is 0 Å². The molecule has 2 rings (SSSR count). The highest BCUT2D eigenvalue weighted by Gasteiger charge is 2.24. The Morgan fingerprint density at radius 3 is 2.38 bits per heavy atom. The van der Waals surface area contributed by atoms with Crippen molar-refractivity contribution in [1.82, 2.24) is 9.47 Å². The van der Waals surface area contributed by atoms with Gasteiger partial charge in [-0.25, -0.2) is 0 Å². The molecular weight excluding hydrogens is 264 g/mol. The van der Waals surface area contributed by atoms with Gasteiger partial charge in [0.1, 0.15) is 5.69 Å². The fraction of sp³-hybridized carbons (Fsp3) is 0.353. The predicted molar refractivity (Wildman–Crippen MR) is 82.9 cm³/mol. The van der Waals surface area contributed by atoms with Crippen LogP contribution in [0, 0.1) is 0 Å². The highest BCUT2D eigenvalue weighted by atomic mass is 16.3. The standard InChI is InChI=1S/C17H22N2O2/c1-17(2,21)13-19(12-14-8-5-4-6-9-14)16(20)15-10-7-11-18(15)3/h4-11,21H,12-13H2,1-3H3. The molecule has 0 saturated carbocycles. The third-order valence-corrected chi connectivity index (χ3v) is 3.24. The maximum Gasteiger partial charge on any atom is 0.270 e. The number of aryl methyl sites for hydroxylation is 1. The first-order chi connectivity index (χ1) is 9.87. The topological polar surface area (TPSA) is 45.5 Å². The second kappa shape index (κ2) is 6.14. The summed E-state index contributed by atoms with van der Waals surface area (Å²) >= 11 is 0. The summed E-state index contributed by atoms with van der Waals surface area (Å²) in [6.07, 6.45) is 1.85. The van der Waals surface area contributed by atoms with Gasteiger partial charge in [0.15, 0.2) is 0 Å². The maximum absolute atomic E-state index is 12.7. The number of benzene rings is 1. The van der Waals surface area contributed by atoms with Crippen molar-refractivity contribution in [3.05, 3.63) is 59.9 Å². The zero-order chi connectivity index (χ0) is 15.5. The summed E-state index contributed by atoms with van der Waals surface area (Å²) in [5.41, 5.74) is 0.731. The number of rotatable bonds is 5. The lowest BCUT2D eigenvalue weighted by Gasteiger charge is -2.29. The number of nitrogens with zero attached hydrogens (tertiary/aromatic N) is 2. The van der Waals surface area contributed by atoms with Crippen LogP contribution in [-0.2, 0) is 13.6 Å². The Morgan fingerprint density at radius 1 is 1.19 bits per heavy atom. The molecule has 1 aromatic carbocycles. The normalized spacial score (nSPS) is 11.4. The molecule has 0 aliphatic rings. The third kappa shape index (κ3) is 4.20. The predicted octanol–water partition coefficient (Wildman–Crippen LogP) is 2.44. The Balaban J connectivity index is 2.24. The van der Waals surface area contributed by atoms with Gasteiger partial charge in [-0.05, 0) is 31.5 Å². The number of aromatic nitrogens is 1. The Labute approximate surface area is 125 Å². The molecule has 1 amide bonds. The van der Waals surface area contributed by atoms with Crippen LogP contribution in [0.25, 0.3) is 0 Å². The van der Waals surface area contributed by atoms with E-state index in [1.54, 1.807) is 29.4 Å². The molecule has 2 aromatic rings. The molecule has 1 N–H and O–H groups in total.